The van der Waals surface area contributed by atoms with Gasteiger partial charge in [-0.25, -0.2) is 14.8 Å². The summed E-state index contributed by atoms with van der Waals surface area (Å²) in [4.78, 5) is 42.4. The molecule has 0 bridgehead atoms. The number of carbonyl (C=O) groups excluding carboxylic acids is 1. The van der Waals surface area contributed by atoms with Crippen LogP contribution >= 0.6 is 0 Å². The van der Waals surface area contributed by atoms with E-state index in [1.807, 2.05) is 19.1 Å². The Morgan fingerprint density at radius 1 is 1.06 bits per heavy atom. The highest BCUT2D eigenvalue weighted by Crippen LogP contribution is 2.35. The summed E-state index contributed by atoms with van der Waals surface area (Å²) < 4.78 is 6.60. The molecule has 0 saturated carbocycles. The summed E-state index contributed by atoms with van der Waals surface area (Å²) in [6.45, 7) is 3.63. The van der Waals surface area contributed by atoms with Crippen molar-refractivity contribution in [2.75, 3.05) is 12.3 Å². The largest absolute Gasteiger partial charge is 0.462 e. The van der Waals surface area contributed by atoms with Crippen LogP contribution in [-0.4, -0.2) is 37.0 Å². The Morgan fingerprint density at radius 3 is 2.16 bits per heavy atom. The minimum absolute atomic E-state index is 0.00130. The molecule has 12 nitrogen and oxygen atoms in total. The van der Waals surface area contributed by atoms with Gasteiger partial charge < -0.3 is 10.5 Å². The molecule has 2 N–H and O–H groups in total. The number of anilines is 1. The van der Waals surface area contributed by atoms with Crippen LogP contribution in [0.4, 0.5) is 17.2 Å². The predicted molar refractivity (Wildman–Crippen MR) is 115 cm³/mol. The minimum atomic E-state index is -0.873. The van der Waals surface area contributed by atoms with Crippen molar-refractivity contribution in [3.05, 3.63) is 67.8 Å². The van der Waals surface area contributed by atoms with Gasteiger partial charge in [-0.1, -0.05) is 17.7 Å². The van der Waals surface area contributed by atoms with Gasteiger partial charge in [0.15, 0.2) is 5.65 Å². The van der Waals surface area contributed by atoms with E-state index in [0.29, 0.717) is 5.69 Å². The lowest BCUT2D eigenvalue weighted by Crippen LogP contribution is -2.09. The van der Waals surface area contributed by atoms with E-state index in [-0.39, 0.29) is 40.2 Å². The van der Waals surface area contributed by atoms with Crippen molar-refractivity contribution < 1.29 is 19.4 Å². The number of fused-ring (bicyclic) bond motifs is 2. The number of esters is 1. The first kappa shape index (κ1) is 20.7. The molecule has 0 aliphatic rings. The number of nitrogens with two attached hydrogens (primary N) is 1. The summed E-state index contributed by atoms with van der Waals surface area (Å²) in [6.07, 6.45) is 0. The fourth-order valence-corrected chi connectivity index (χ4v) is 3.39. The average Bonchev–Trinajstić information content (AvgIpc) is 3.02. The van der Waals surface area contributed by atoms with E-state index in [1.54, 1.807) is 19.1 Å². The molecule has 162 valence electrons. The van der Waals surface area contributed by atoms with Crippen LogP contribution in [0.5, 0.6) is 0 Å². The summed E-state index contributed by atoms with van der Waals surface area (Å²) in [6, 6.07) is 9.15. The highest BCUT2D eigenvalue weighted by Gasteiger charge is 2.29. The molecule has 0 unspecified atom stereocenters. The quantitative estimate of drug-likeness (QED) is 0.279. The SMILES string of the molecule is CCOC(=O)c1c(N)n(-c2ccc(C)cc2)c2nc3cc([N+](=O)[O-])c([N+](=O)[O-])cc3nc12. The first-order valence-electron chi connectivity index (χ1n) is 9.41. The molecular formula is C20H16N6O6. The van der Waals surface area contributed by atoms with Crippen LogP contribution in [0.3, 0.4) is 0 Å². The fourth-order valence-electron chi connectivity index (χ4n) is 3.39. The number of nitro groups is 2. The van der Waals surface area contributed by atoms with E-state index in [1.165, 1.54) is 4.57 Å². The second-order valence-corrected chi connectivity index (χ2v) is 6.89. The van der Waals surface area contributed by atoms with Crippen LogP contribution in [0.1, 0.15) is 22.8 Å². The normalized spacial score (nSPS) is 11.1. The maximum absolute atomic E-state index is 12.7. The van der Waals surface area contributed by atoms with Crippen molar-refractivity contribution in [3.8, 4) is 5.69 Å². The molecule has 2 heterocycles. The van der Waals surface area contributed by atoms with Gasteiger partial charge in [0.2, 0.25) is 0 Å². The molecule has 4 aromatic rings. The predicted octanol–water partition coefficient (Wildman–Crippen LogP) is 3.46. The maximum Gasteiger partial charge on any atom is 0.348 e. The lowest BCUT2D eigenvalue weighted by molar-refractivity contribution is -0.422. The van der Waals surface area contributed by atoms with Gasteiger partial charge in [-0.2, -0.15) is 0 Å². The van der Waals surface area contributed by atoms with Crippen LogP contribution in [0.15, 0.2) is 36.4 Å². The Kier molecular flexibility index (Phi) is 4.89. The highest BCUT2D eigenvalue weighted by atomic mass is 16.6. The smallest absolute Gasteiger partial charge is 0.348 e. The van der Waals surface area contributed by atoms with E-state index in [0.717, 1.165) is 17.7 Å². The summed E-state index contributed by atoms with van der Waals surface area (Å²) in [5.41, 5.74) is 6.64. The Balaban J connectivity index is 2.12. The topological polar surface area (TPSA) is 169 Å². The van der Waals surface area contributed by atoms with Gasteiger partial charge in [0.1, 0.15) is 16.9 Å². The van der Waals surface area contributed by atoms with Gasteiger partial charge >= 0.3 is 17.3 Å². The van der Waals surface area contributed by atoms with E-state index in [4.69, 9.17) is 10.5 Å². The number of hydrogen-bond acceptors (Lipinski definition) is 9. The van der Waals surface area contributed by atoms with Gasteiger partial charge in [-0.15, -0.1) is 0 Å². The Morgan fingerprint density at radius 2 is 1.62 bits per heavy atom. The molecule has 0 aliphatic carbocycles. The Bertz CT molecular complexity index is 1430. The number of rotatable bonds is 5. The van der Waals surface area contributed by atoms with Gasteiger partial charge in [-0.3, -0.25) is 24.8 Å². The molecule has 32 heavy (non-hydrogen) atoms. The zero-order valence-corrected chi connectivity index (χ0v) is 16.9. The monoisotopic (exact) mass is 436 g/mol. The van der Waals surface area contributed by atoms with E-state index < -0.39 is 27.2 Å². The van der Waals surface area contributed by atoms with Crippen LogP contribution < -0.4 is 5.73 Å². The molecule has 0 radical (unpaired) electrons. The first-order chi connectivity index (χ1) is 15.2. The van der Waals surface area contributed by atoms with Crippen LogP contribution in [-0.2, 0) is 4.74 Å². The highest BCUT2D eigenvalue weighted by molar-refractivity contribution is 6.09. The zero-order valence-electron chi connectivity index (χ0n) is 16.9. The number of nitro benzene ring substituents is 2. The number of nitrogens with zero attached hydrogens (tertiary/aromatic N) is 5. The minimum Gasteiger partial charge on any atom is -0.462 e. The van der Waals surface area contributed by atoms with E-state index in [2.05, 4.69) is 9.97 Å². The van der Waals surface area contributed by atoms with Crippen molar-refractivity contribution in [1.29, 1.82) is 0 Å². The van der Waals surface area contributed by atoms with Crippen molar-refractivity contribution in [1.82, 2.24) is 14.5 Å². The Labute approximate surface area is 179 Å². The lowest BCUT2D eigenvalue weighted by Gasteiger charge is -2.08. The maximum atomic E-state index is 12.7. The molecule has 0 amide bonds. The summed E-state index contributed by atoms with van der Waals surface area (Å²) in [5, 5.41) is 22.7. The molecule has 0 atom stereocenters. The van der Waals surface area contributed by atoms with Gasteiger partial charge in [0, 0.05) is 5.69 Å². The molecule has 0 aliphatic heterocycles. The zero-order chi connectivity index (χ0) is 23.2. The standard InChI is InChI=1S/C20H16N6O6/c1-3-32-20(27)16-17-19(24(18(16)21)11-6-4-10(2)5-7-11)23-13-9-15(26(30)31)14(25(28)29)8-12(13)22-17/h4-9H,3,21H2,1-2H3. The molecule has 2 aromatic heterocycles. The number of nitrogen functional groups attached to an aromatic ring is 1. The van der Waals surface area contributed by atoms with Crippen molar-refractivity contribution in [2.24, 2.45) is 0 Å². The van der Waals surface area contributed by atoms with E-state index >= 15 is 0 Å². The molecule has 0 spiro atoms. The van der Waals surface area contributed by atoms with Crippen LogP contribution in [0.25, 0.3) is 27.9 Å². The molecule has 2 aromatic carbocycles. The first-order valence-corrected chi connectivity index (χ1v) is 9.41. The molecule has 0 saturated heterocycles. The van der Waals surface area contributed by atoms with Crippen LogP contribution in [0, 0.1) is 27.2 Å². The number of aryl methyl sites for hydroxylation is 1. The van der Waals surface area contributed by atoms with Crippen molar-refractivity contribution in [2.45, 2.75) is 13.8 Å². The number of carbonyl (C=O) groups is 1. The number of aromatic nitrogens is 3. The van der Waals surface area contributed by atoms with Gasteiger partial charge in [0.05, 0.1) is 39.6 Å². The van der Waals surface area contributed by atoms with E-state index in [9.17, 15) is 25.0 Å². The summed E-state index contributed by atoms with van der Waals surface area (Å²) in [7, 11) is 0. The number of benzene rings is 2. The summed E-state index contributed by atoms with van der Waals surface area (Å²) >= 11 is 0. The molecular weight excluding hydrogens is 420 g/mol. The number of ether oxygens (including phenoxy) is 1. The summed E-state index contributed by atoms with van der Waals surface area (Å²) in [5.74, 6) is -0.715. The third kappa shape index (κ3) is 3.23. The molecule has 4 rings (SSSR count). The Hall–Kier alpha value is -4.61. The molecule has 0 fully saturated rings. The fraction of sp³-hybridized carbons (Fsp3) is 0.150. The number of hydrogen-bond donors (Lipinski definition) is 1. The average molecular weight is 436 g/mol. The van der Waals surface area contributed by atoms with Crippen molar-refractivity contribution >= 4 is 45.4 Å². The lowest BCUT2D eigenvalue weighted by atomic mass is 10.2. The van der Waals surface area contributed by atoms with Gasteiger partial charge in [0.25, 0.3) is 0 Å². The third-order valence-corrected chi connectivity index (χ3v) is 4.85. The van der Waals surface area contributed by atoms with Gasteiger partial charge in [-0.05, 0) is 26.0 Å². The third-order valence-electron chi connectivity index (χ3n) is 4.85. The second-order valence-electron chi connectivity index (χ2n) is 6.89. The van der Waals surface area contributed by atoms with Crippen LogP contribution in [0.2, 0.25) is 0 Å². The second kappa shape index (κ2) is 7.58. The van der Waals surface area contributed by atoms with Crippen molar-refractivity contribution in [3.63, 3.8) is 0 Å². The molecule has 12 heteroatoms.